The molecule has 0 fully saturated rings. The molecule has 0 heterocycles. The largest absolute Gasteiger partial charge is 0.356 e. The highest BCUT2D eigenvalue weighted by molar-refractivity contribution is 6.89. The predicted molar refractivity (Wildman–Crippen MR) is 79.1 cm³/mol. The molecule has 0 aliphatic carbocycles. The summed E-state index contributed by atoms with van der Waals surface area (Å²) >= 11 is 0. The van der Waals surface area contributed by atoms with Gasteiger partial charge in [-0.05, 0) is 23.4 Å². The lowest BCUT2D eigenvalue weighted by molar-refractivity contribution is 1.55. The summed E-state index contributed by atoms with van der Waals surface area (Å²) in [6.45, 7) is 7.12. The molecule has 0 atom stereocenters. The van der Waals surface area contributed by atoms with Crippen LogP contribution in [0.4, 0.5) is 11.4 Å². The highest BCUT2D eigenvalue weighted by Crippen LogP contribution is 2.17. The van der Waals surface area contributed by atoms with Gasteiger partial charge in [0, 0.05) is 11.4 Å². The predicted octanol–water partition coefficient (Wildman–Crippen LogP) is 3.98. The van der Waals surface area contributed by atoms with Crippen molar-refractivity contribution < 1.29 is 0 Å². The van der Waals surface area contributed by atoms with Gasteiger partial charge in [-0.25, -0.2) is 0 Å². The van der Waals surface area contributed by atoms with Crippen molar-refractivity contribution in [3.63, 3.8) is 0 Å². The summed E-state index contributed by atoms with van der Waals surface area (Å²) in [5, 5.41) is 4.99. The average Bonchev–Trinajstić information content (AvgIpc) is 2.30. The van der Waals surface area contributed by atoms with Crippen LogP contribution in [0.1, 0.15) is 0 Å². The van der Waals surface area contributed by atoms with Crippen LogP contribution in [0.2, 0.25) is 19.6 Å². The lowest BCUT2D eigenvalue weighted by Gasteiger charge is -2.21. The molecule has 0 aliphatic rings. The van der Waals surface area contributed by atoms with Gasteiger partial charge in [0.15, 0.2) is 0 Å². The highest BCUT2D eigenvalue weighted by Gasteiger charge is 2.19. The molecule has 0 saturated heterocycles. The van der Waals surface area contributed by atoms with Crippen molar-refractivity contribution in [3.05, 3.63) is 54.6 Å². The van der Waals surface area contributed by atoms with Gasteiger partial charge in [-0.15, -0.1) is 0 Å². The molecule has 88 valence electrons. The second kappa shape index (κ2) is 4.76. The Kier molecular flexibility index (Phi) is 3.34. The fraction of sp³-hybridized carbons (Fsp3) is 0.200. The molecule has 0 radical (unpaired) electrons. The van der Waals surface area contributed by atoms with Crippen molar-refractivity contribution in [2.75, 3.05) is 5.32 Å². The molecule has 2 rings (SSSR count). The summed E-state index contributed by atoms with van der Waals surface area (Å²) in [6, 6.07) is 19.0. The number of benzene rings is 2. The van der Waals surface area contributed by atoms with E-state index in [-0.39, 0.29) is 0 Å². The Bertz CT molecular complexity index is 486. The third-order valence-corrected chi connectivity index (χ3v) is 4.84. The number of para-hydroxylation sites is 2. The van der Waals surface area contributed by atoms with E-state index in [4.69, 9.17) is 0 Å². The molecule has 17 heavy (non-hydrogen) atoms. The third kappa shape index (κ3) is 2.98. The van der Waals surface area contributed by atoms with E-state index in [9.17, 15) is 0 Å². The van der Waals surface area contributed by atoms with Crippen LogP contribution in [0, 0.1) is 0 Å². The maximum absolute atomic E-state index is 3.51. The molecule has 0 aromatic heterocycles. The Balaban J connectivity index is 2.34. The zero-order valence-corrected chi connectivity index (χ0v) is 11.7. The van der Waals surface area contributed by atoms with Crippen molar-refractivity contribution in [1.82, 2.24) is 0 Å². The van der Waals surface area contributed by atoms with E-state index in [1.807, 2.05) is 6.07 Å². The van der Waals surface area contributed by atoms with Crippen molar-refractivity contribution in [3.8, 4) is 0 Å². The van der Waals surface area contributed by atoms with Crippen molar-refractivity contribution in [2.24, 2.45) is 0 Å². The Hall–Kier alpha value is -1.54. The van der Waals surface area contributed by atoms with Gasteiger partial charge in [-0.2, -0.15) is 0 Å². The van der Waals surface area contributed by atoms with Gasteiger partial charge in [-0.3, -0.25) is 0 Å². The van der Waals surface area contributed by atoms with Gasteiger partial charge in [-0.1, -0.05) is 56.0 Å². The van der Waals surface area contributed by atoms with Crippen LogP contribution in [-0.2, 0) is 0 Å². The molecule has 0 spiro atoms. The molecule has 1 N–H and O–H groups in total. The molecule has 1 nitrogen and oxygen atoms in total. The summed E-state index contributed by atoms with van der Waals surface area (Å²) in [7, 11) is -1.29. The molecule has 0 saturated carbocycles. The number of rotatable bonds is 3. The van der Waals surface area contributed by atoms with Gasteiger partial charge in [0.05, 0.1) is 8.07 Å². The van der Waals surface area contributed by atoms with Crippen LogP contribution < -0.4 is 10.5 Å². The normalized spacial score (nSPS) is 11.2. The van der Waals surface area contributed by atoms with Crippen LogP contribution in [0.25, 0.3) is 0 Å². The molecule has 2 aromatic rings. The molecular formula is C15H19NSi. The van der Waals surface area contributed by atoms with Gasteiger partial charge in [0.1, 0.15) is 0 Å². The summed E-state index contributed by atoms with van der Waals surface area (Å²) in [4.78, 5) is 0. The van der Waals surface area contributed by atoms with E-state index in [0.717, 1.165) is 5.69 Å². The minimum Gasteiger partial charge on any atom is -0.356 e. The first kappa shape index (κ1) is 11.9. The Morgan fingerprint density at radius 3 is 2.00 bits per heavy atom. The van der Waals surface area contributed by atoms with Crippen LogP contribution in [0.3, 0.4) is 0 Å². The smallest absolute Gasteiger partial charge is 0.0803 e. The molecule has 0 aliphatic heterocycles. The van der Waals surface area contributed by atoms with Crippen molar-refractivity contribution in [2.45, 2.75) is 19.6 Å². The lowest BCUT2D eigenvalue weighted by Crippen LogP contribution is -2.38. The quantitative estimate of drug-likeness (QED) is 0.802. The zero-order valence-electron chi connectivity index (χ0n) is 10.7. The van der Waals surface area contributed by atoms with E-state index in [0.29, 0.717) is 0 Å². The maximum Gasteiger partial charge on any atom is 0.0803 e. The van der Waals surface area contributed by atoms with E-state index in [2.05, 4.69) is 73.5 Å². The summed E-state index contributed by atoms with van der Waals surface area (Å²) in [5.41, 5.74) is 2.40. The number of hydrogen-bond donors (Lipinski definition) is 1. The summed E-state index contributed by atoms with van der Waals surface area (Å²) in [5.74, 6) is 0. The summed E-state index contributed by atoms with van der Waals surface area (Å²) in [6.07, 6.45) is 0. The van der Waals surface area contributed by atoms with E-state index < -0.39 is 8.07 Å². The van der Waals surface area contributed by atoms with Crippen LogP contribution in [0.5, 0.6) is 0 Å². The summed E-state index contributed by atoms with van der Waals surface area (Å²) < 4.78 is 0. The lowest BCUT2D eigenvalue weighted by atomic mass is 10.2. The molecule has 0 unspecified atom stereocenters. The molecule has 0 amide bonds. The second-order valence-corrected chi connectivity index (χ2v) is 10.3. The van der Waals surface area contributed by atoms with Crippen LogP contribution in [-0.4, -0.2) is 8.07 Å². The first-order chi connectivity index (χ1) is 8.07. The fourth-order valence-corrected chi connectivity index (χ4v) is 3.47. The van der Waals surface area contributed by atoms with Gasteiger partial charge >= 0.3 is 0 Å². The van der Waals surface area contributed by atoms with Gasteiger partial charge in [0.25, 0.3) is 0 Å². The average molecular weight is 241 g/mol. The monoisotopic (exact) mass is 241 g/mol. The third-order valence-electron chi connectivity index (χ3n) is 2.79. The maximum atomic E-state index is 3.51. The van der Waals surface area contributed by atoms with Crippen LogP contribution >= 0.6 is 0 Å². The standard InChI is InChI=1S/C15H19NSi/c1-17(2,3)15-12-8-7-11-14(15)16-13-9-5-4-6-10-13/h4-12,16H,1-3H3. The van der Waals surface area contributed by atoms with Crippen molar-refractivity contribution >= 4 is 24.6 Å². The molecule has 0 bridgehead atoms. The Morgan fingerprint density at radius 1 is 0.765 bits per heavy atom. The fourth-order valence-electron chi connectivity index (χ4n) is 1.92. The minimum absolute atomic E-state index is 1.15. The number of hydrogen-bond acceptors (Lipinski definition) is 1. The van der Waals surface area contributed by atoms with Gasteiger partial charge in [0.2, 0.25) is 0 Å². The first-order valence-electron chi connectivity index (χ1n) is 5.99. The van der Waals surface area contributed by atoms with E-state index >= 15 is 0 Å². The Labute approximate surface area is 105 Å². The molecule has 2 heteroatoms. The van der Waals surface area contributed by atoms with E-state index in [1.54, 1.807) is 0 Å². The zero-order chi connectivity index (χ0) is 12.3. The van der Waals surface area contributed by atoms with Crippen LogP contribution in [0.15, 0.2) is 54.6 Å². The number of anilines is 2. The first-order valence-corrected chi connectivity index (χ1v) is 9.49. The molecule has 2 aromatic carbocycles. The van der Waals surface area contributed by atoms with E-state index in [1.165, 1.54) is 10.9 Å². The SMILES string of the molecule is C[Si](C)(C)c1ccccc1Nc1ccccc1. The topological polar surface area (TPSA) is 12.0 Å². The number of nitrogens with one attached hydrogen (secondary N) is 1. The van der Waals surface area contributed by atoms with Gasteiger partial charge < -0.3 is 5.32 Å². The molecular weight excluding hydrogens is 222 g/mol. The van der Waals surface area contributed by atoms with Crippen molar-refractivity contribution in [1.29, 1.82) is 0 Å². The minimum atomic E-state index is -1.29. The highest BCUT2D eigenvalue weighted by atomic mass is 28.3. The Morgan fingerprint density at radius 2 is 1.35 bits per heavy atom. The second-order valence-electron chi connectivity index (χ2n) is 5.29.